The summed E-state index contributed by atoms with van der Waals surface area (Å²) in [5.41, 5.74) is 0.617. The van der Waals surface area contributed by atoms with E-state index in [0.29, 0.717) is 16.9 Å². The number of carboxylic acids is 1. The largest absolute Gasteiger partial charge is 0.480 e. The van der Waals surface area contributed by atoms with Crippen LogP contribution < -0.4 is 4.90 Å². The van der Waals surface area contributed by atoms with Gasteiger partial charge in [-0.3, -0.25) is 0 Å². The normalized spacial score (nSPS) is 23.7. The molecular formula is C11H11FN4O2. The second-order valence-corrected chi connectivity index (χ2v) is 4.28. The van der Waals surface area contributed by atoms with Crippen LogP contribution in [0.15, 0.2) is 18.6 Å². The monoisotopic (exact) mass is 250 g/mol. The molecule has 7 heteroatoms. The Morgan fingerprint density at radius 1 is 1.56 bits per heavy atom. The van der Waals surface area contributed by atoms with Crippen molar-refractivity contribution in [2.45, 2.75) is 18.6 Å². The summed E-state index contributed by atoms with van der Waals surface area (Å²) in [4.78, 5) is 23.7. The number of nitrogens with zero attached hydrogens (tertiary/aromatic N) is 3. The predicted octanol–water partition coefficient (Wildman–Crippen LogP) is 0.959. The van der Waals surface area contributed by atoms with Gasteiger partial charge in [0.1, 0.15) is 30.0 Å². The van der Waals surface area contributed by atoms with E-state index in [1.54, 1.807) is 12.3 Å². The average Bonchev–Trinajstić information content (AvgIpc) is 2.94. The maximum atomic E-state index is 13.4. The van der Waals surface area contributed by atoms with Gasteiger partial charge < -0.3 is 15.0 Å². The topological polar surface area (TPSA) is 82.1 Å². The Balaban J connectivity index is 2.08. The van der Waals surface area contributed by atoms with E-state index in [4.69, 9.17) is 5.11 Å². The molecule has 3 rings (SSSR count). The van der Waals surface area contributed by atoms with Gasteiger partial charge in [0.2, 0.25) is 0 Å². The summed E-state index contributed by atoms with van der Waals surface area (Å²) in [6, 6.07) is 0.891. The summed E-state index contributed by atoms with van der Waals surface area (Å²) in [7, 11) is 0. The number of aromatic nitrogens is 3. The second-order valence-electron chi connectivity index (χ2n) is 4.28. The number of hydrogen-bond donors (Lipinski definition) is 2. The Hall–Kier alpha value is -2.18. The number of H-pyrrole nitrogens is 1. The van der Waals surface area contributed by atoms with Gasteiger partial charge in [0, 0.05) is 12.6 Å². The number of halogens is 1. The molecule has 0 unspecified atom stereocenters. The van der Waals surface area contributed by atoms with Crippen LogP contribution in [0.2, 0.25) is 0 Å². The molecular weight excluding hydrogens is 239 g/mol. The lowest BCUT2D eigenvalue weighted by molar-refractivity contribution is -0.138. The first kappa shape index (κ1) is 10.9. The Morgan fingerprint density at radius 3 is 3.17 bits per heavy atom. The minimum absolute atomic E-state index is 0.00868. The first-order valence-corrected chi connectivity index (χ1v) is 5.58. The number of carbonyl (C=O) groups is 1. The molecule has 0 radical (unpaired) electrons. The fourth-order valence-electron chi connectivity index (χ4n) is 2.34. The van der Waals surface area contributed by atoms with Crippen molar-refractivity contribution < 1.29 is 14.3 Å². The zero-order chi connectivity index (χ0) is 12.7. The van der Waals surface area contributed by atoms with Gasteiger partial charge in [-0.1, -0.05) is 0 Å². The van der Waals surface area contributed by atoms with Gasteiger partial charge in [-0.15, -0.1) is 0 Å². The molecule has 0 amide bonds. The van der Waals surface area contributed by atoms with E-state index in [1.165, 1.54) is 11.2 Å². The number of aromatic amines is 1. The van der Waals surface area contributed by atoms with Crippen LogP contribution in [0.1, 0.15) is 6.42 Å². The van der Waals surface area contributed by atoms with E-state index in [2.05, 4.69) is 15.0 Å². The molecule has 0 aliphatic carbocycles. The molecule has 3 heterocycles. The first-order chi connectivity index (χ1) is 8.66. The van der Waals surface area contributed by atoms with Crippen LogP contribution in [0.4, 0.5) is 10.2 Å². The van der Waals surface area contributed by atoms with Gasteiger partial charge in [0.15, 0.2) is 0 Å². The zero-order valence-electron chi connectivity index (χ0n) is 9.38. The Kier molecular flexibility index (Phi) is 2.39. The third-order valence-electron chi connectivity index (χ3n) is 3.14. The van der Waals surface area contributed by atoms with Gasteiger partial charge in [-0.25, -0.2) is 19.2 Å². The molecule has 1 aliphatic rings. The van der Waals surface area contributed by atoms with Gasteiger partial charge in [0.25, 0.3) is 0 Å². The standard InChI is InChI=1S/C11H11FN4O2/c12-6-3-8(11(17)18)16(4-6)10-7-1-2-13-9(7)14-5-15-10/h1-2,5-6,8H,3-4H2,(H,17,18)(H,13,14,15)/t6-,8-/m0/s1. The molecule has 6 nitrogen and oxygen atoms in total. The van der Waals surface area contributed by atoms with Crippen LogP contribution in [0.5, 0.6) is 0 Å². The van der Waals surface area contributed by atoms with Crippen LogP contribution in [0.3, 0.4) is 0 Å². The number of rotatable bonds is 2. The fourth-order valence-corrected chi connectivity index (χ4v) is 2.34. The van der Waals surface area contributed by atoms with Crippen molar-refractivity contribution in [2.24, 2.45) is 0 Å². The van der Waals surface area contributed by atoms with E-state index in [-0.39, 0.29) is 13.0 Å². The molecule has 1 saturated heterocycles. The first-order valence-electron chi connectivity index (χ1n) is 5.58. The quantitative estimate of drug-likeness (QED) is 0.829. The minimum Gasteiger partial charge on any atom is -0.480 e. The summed E-state index contributed by atoms with van der Waals surface area (Å²) in [6.07, 6.45) is 1.89. The molecule has 94 valence electrons. The van der Waals surface area contributed by atoms with Crippen molar-refractivity contribution in [1.29, 1.82) is 0 Å². The average molecular weight is 250 g/mol. The van der Waals surface area contributed by atoms with Gasteiger partial charge >= 0.3 is 5.97 Å². The highest BCUT2D eigenvalue weighted by molar-refractivity contribution is 5.90. The van der Waals surface area contributed by atoms with Crippen molar-refractivity contribution >= 4 is 22.8 Å². The van der Waals surface area contributed by atoms with Gasteiger partial charge in [-0.2, -0.15) is 0 Å². The lowest BCUT2D eigenvalue weighted by Crippen LogP contribution is -2.36. The lowest BCUT2D eigenvalue weighted by Gasteiger charge is -2.22. The molecule has 2 N–H and O–H groups in total. The maximum Gasteiger partial charge on any atom is 0.326 e. The van der Waals surface area contributed by atoms with E-state index in [0.717, 1.165) is 0 Å². The highest BCUT2D eigenvalue weighted by atomic mass is 19.1. The van der Waals surface area contributed by atoms with E-state index < -0.39 is 18.2 Å². The fraction of sp³-hybridized carbons (Fsp3) is 0.364. The molecule has 1 aliphatic heterocycles. The summed E-state index contributed by atoms with van der Waals surface area (Å²) in [6.45, 7) is 0.0499. The summed E-state index contributed by atoms with van der Waals surface area (Å²) in [5, 5.41) is 9.83. The highest BCUT2D eigenvalue weighted by Gasteiger charge is 2.38. The van der Waals surface area contributed by atoms with Crippen molar-refractivity contribution in [2.75, 3.05) is 11.4 Å². The van der Waals surface area contributed by atoms with Crippen molar-refractivity contribution in [1.82, 2.24) is 15.0 Å². The Bertz CT molecular complexity index is 599. The zero-order valence-corrected chi connectivity index (χ0v) is 9.38. The number of aliphatic carboxylic acids is 1. The number of anilines is 1. The van der Waals surface area contributed by atoms with Crippen LogP contribution >= 0.6 is 0 Å². The molecule has 0 saturated carbocycles. The van der Waals surface area contributed by atoms with Gasteiger partial charge in [0.05, 0.1) is 11.9 Å². The smallest absolute Gasteiger partial charge is 0.326 e. The minimum atomic E-state index is -1.14. The highest BCUT2D eigenvalue weighted by Crippen LogP contribution is 2.30. The summed E-state index contributed by atoms with van der Waals surface area (Å²) < 4.78 is 13.4. The molecule has 2 atom stereocenters. The third kappa shape index (κ3) is 1.59. The van der Waals surface area contributed by atoms with E-state index in [9.17, 15) is 9.18 Å². The number of carboxylic acid groups (broad SMARTS) is 1. The van der Waals surface area contributed by atoms with Crippen molar-refractivity contribution in [3.63, 3.8) is 0 Å². The molecule has 0 bridgehead atoms. The van der Waals surface area contributed by atoms with Crippen molar-refractivity contribution in [3.05, 3.63) is 18.6 Å². The van der Waals surface area contributed by atoms with E-state index >= 15 is 0 Å². The molecule has 0 spiro atoms. The Labute approximate surface area is 101 Å². The van der Waals surface area contributed by atoms with E-state index in [1.807, 2.05) is 0 Å². The maximum absolute atomic E-state index is 13.4. The van der Waals surface area contributed by atoms with Crippen LogP contribution in [0.25, 0.3) is 11.0 Å². The molecule has 1 fully saturated rings. The van der Waals surface area contributed by atoms with Gasteiger partial charge in [-0.05, 0) is 6.07 Å². The molecule has 2 aromatic rings. The predicted molar refractivity (Wildman–Crippen MR) is 62.2 cm³/mol. The SMILES string of the molecule is O=C(O)[C@@H]1C[C@H](F)CN1c1ncnc2[nH]ccc12. The summed E-state index contributed by atoms with van der Waals surface area (Å²) in [5.74, 6) is -0.564. The molecule has 18 heavy (non-hydrogen) atoms. The number of nitrogens with one attached hydrogen (secondary N) is 1. The Morgan fingerprint density at radius 2 is 2.39 bits per heavy atom. The number of alkyl halides is 1. The van der Waals surface area contributed by atoms with Crippen LogP contribution in [-0.4, -0.2) is 44.8 Å². The third-order valence-corrected chi connectivity index (χ3v) is 3.14. The lowest BCUT2D eigenvalue weighted by atomic mass is 10.2. The molecule has 0 aromatic carbocycles. The summed E-state index contributed by atoms with van der Waals surface area (Å²) >= 11 is 0. The van der Waals surface area contributed by atoms with Crippen LogP contribution in [-0.2, 0) is 4.79 Å². The molecule has 2 aromatic heterocycles. The van der Waals surface area contributed by atoms with Crippen molar-refractivity contribution in [3.8, 4) is 0 Å². The second kappa shape index (κ2) is 3.94. The number of fused-ring (bicyclic) bond motifs is 1. The number of hydrogen-bond acceptors (Lipinski definition) is 4. The van der Waals surface area contributed by atoms with Crippen LogP contribution in [0, 0.1) is 0 Å².